The molecule has 0 aromatic heterocycles. The fourth-order valence-corrected chi connectivity index (χ4v) is 4.78. The molecular formula is C14H20ClF3N2O2S. The van der Waals surface area contributed by atoms with Gasteiger partial charge in [-0.05, 0) is 56.5 Å². The third-order valence-electron chi connectivity index (χ3n) is 4.03. The molecule has 132 valence electrons. The first kappa shape index (κ1) is 20.2. The highest BCUT2D eigenvalue weighted by Gasteiger charge is 2.38. The van der Waals surface area contributed by atoms with Crippen molar-refractivity contribution in [3.05, 3.63) is 29.3 Å². The van der Waals surface area contributed by atoms with Crippen molar-refractivity contribution < 1.29 is 21.6 Å². The van der Waals surface area contributed by atoms with Crippen LogP contribution in [0.15, 0.2) is 23.1 Å². The summed E-state index contributed by atoms with van der Waals surface area (Å²) in [6, 6.07) is 2.51. The number of benzene rings is 1. The van der Waals surface area contributed by atoms with Crippen LogP contribution in [0.2, 0.25) is 0 Å². The minimum atomic E-state index is -4.49. The molecule has 1 aromatic carbocycles. The molecular weight excluding hydrogens is 353 g/mol. The van der Waals surface area contributed by atoms with Crippen LogP contribution in [0.4, 0.5) is 13.2 Å². The average Bonchev–Trinajstić information content (AvgIpc) is 2.79. The van der Waals surface area contributed by atoms with Crippen molar-refractivity contribution in [2.45, 2.75) is 37.4 Å². The van der Waals surface area contributed by atoms with Crippen molar-refractivity contribution in [3.8, 4) is 0 Å². The van der Waals surface area contributed by atoms with Crippen molar-refractivity contribution in [2.75, 3.05) is 13.1 Å². The van der Waals surface area contributed by atoms with Gasteiger partial charge in [0, 0.05) is 12.6 Å². The molecule has 2 N–H and O–H groups in total. The SMILES string of the molecule is Cc1cc(C(F)(F)F)ccc1S(=O)(=O)N1CC(CN)CC1C.Cl. The van der Waals surface area contributed by atoms with E-state index in [1.54, 1.807) is 6.92 Å². The molecule has 1 saturated heterocycles. The van der Waals surface area contributed by atoms with Gasteiger partial charge in [0.15, 0.2) is 0 Å². The standard InChI is InChI=1S/C14H19F3N2O2S.ClH/c1-9-5-12(14(15,16)17)3-4-13(9)22(20,21)19-8-11(7-18)6-10(19)2;/h3-5,10-11H,6-8,18H2,1-2H3;1H. The molecule has 0 aliphatic carbocycles. The van der Waals surface area contributed by atoms with Crippen molar-refractivity contribution in [1.82, 2.24) is 4.31 Å². The lowest BCUT2D eigenvalue weighted by Crippen LogP contribution is -2.35. The summed E-state index contributed by atoms with van der Waals surface area (Å²) in [5.74, 6) is 0.0829. The van der Waals surface area contributed by atoms with Crippen LogP contribution in [0, 0.1) is 12.8 Å². The highest BCUT2D eigenvalue weighted by molar-refractivity contribution is 7.89. The van der Waals surface area contributed by atoms with Gasteiger partial charge in [-0.15, -0.1) is 12.4 Å². The van der Waals surface area contributed by atoms with Gasteiger partial charge in [0.1, 0.15) is 0 Å². The van der Waals surface area contributed by atoms with Gasteiger partial charge in [-0.1, -0.05) is 0 Å². The van der Waals surface area contributed by atoms with Crippen molar-refractivity contribution in [3.63, 3.8) is 0 Å². The van der Waals surface area contributed by atoms with Gasteiger partial charge < -0.3 is 5.73 Å². The molecule has 23 heavy (non-hydrogen) atoms. The van der Waals surface area contributed by atoms with Crippen LogP contribution in [0.3, 0.4) is 0 Å². The molecule has 1 fully saturated rings. The monoisotopic (exact) mass is 372 g/mol. The minimum absolute atomic E-state index is 0. The summed E-state index contributed by atoms with van der Waals surface area (Å²) in [6.07, 6.45) is -3.83. The number of rotatable bonds is 3. The summed E-state index contributed by atoms with van der Waals surface area (Å²) in [7, 11) is -3.81. The van der Waals surface area contributed by atoms with E-state index in [0.717, 1.165) is 18.2 Å². The molecule has 1 heterocycles. The first-order valence-electron chi connectivity index (χ1n) is 6.97. The van der Waals surface area contributed by atoms with Gasteiger partial charge in [0.2, 0.25) is 10.0 Å². The third kappa shape index (κ3) is 3.99. The van der Waals surface area contributed by atoms with Crippen LogP contribution in [-0.2, 0) is 16.2 Å². The van der Waals surface area contributed by atoms with Gasteiger partial charge >= 0.3 is 6.18 Å². The molecule has 9 heteroatoms. The molecule has 0 radical (unpaired) electrons. The number of hydrogen-bond donors (Lipinski definition) is 1. The van der Waals surface area contributed by atoms with E-state index in [1.165, 1.54) is 11.2 Å². The maximum atomic E-state index is 12.7. The van der Waals surface area contributed by atoms with E-state index in [4.69, 9.17) is 5.73 Å². The Morgan fingerprint density at radius 2 is 1.96 bits per heavy atom. The lowest BCUT2D eigenvalue weighted by atomic mass is 10.1. The molecule has 2 unspecified atom stereocenters. The normalized spacial score (nSPS) is 22.9. The van der Waals surface area contributed by atoms with Gasteiger partial charge in [-0.3, -0.25) is 0 Å². The molecule has 0 saturated carbocycles. The predicted molar refractivity (Wildman–Crippen MR) is 83.9 cm³/mol. The van der Waals surface area contributed by atoms with Crippen molar-refractivity contribution in [2.24, 2.45) is 11.7 Å². The molecule has 2 rings (SSSR count). The Morgan fingerprint density at radius 1 is 1.35 bits per heavy atom. The Bertz CT molecular complexity index is 664. The fraction of sp³-hybridized carbons (Fsp3) is 0.571. The average molecular weight is 373 g/mol. The number of halogens is 4. The molecule has 0 spiro atoms. The quantitative estimate of drug-likeness (QED) is 0.887. The second-order valence-electron chi connectivity index (χ2n) is 5.74. The minimum Gasteiger partial charge on any atom is -0.330 e. The molecule has 1 aliphatic rings. The maximum Gasteiger partial charge on any atom is 0.416 e. The van der Waals surface area contributed by atoms with E-state index >= 15 is 0 Å². The number of hydrogen-bond acceptors (Lipinski definition) is 3. The molecule has 2 atom stereocenters. The van der Waals surface area contributed by atoms with Crippen molar-refractivity contribution in [1.29, 1.82) is 0 Å². The number of alkyl halides is 3. The van der Waals surface area contributed by atoms with Crippen LogP contribution in [0.25, 0.3) is 0 Å². The highest BCUT2D eigenvalue weighted by Crippen LogP contribution is 2.34. The largest absolute Gasteiger partial charge is 0.416 e. The number of aryl methyl sites for hydroxylation is 1. The Morgan fingerprint density at radius 3 is 2.39 bits per heavy atom. The second-order valence-corrected chi connectivity index (χ2v) is 7.60. The van der Waals surface area contributed by atoms with E-state index in [1.807, 2.05) is 0 Å². The van der Waals surface area contributed by atoms with Gasteiger partial charge in [0.05, 0.1) is 10.5 Å². The van der Waals surface area contributed by atoms with E-state index in [0.29, 0.717) is 19.5 Å². The predicted octanol–water partition coefficient (Wildman–Crippen LogP) is 2.79. The van der Waals surface area contributed by atoms with Crippen LogP contribution in [0.1, 0.15) is 24.5 Å². The highest BCUT2D eigenvalue weighted by atomic mass is 35.5. The Kier molecular flexibility index (Phi) is 6.12. The Hall–Kier alpha value is -0.830. The van der Waals surface area contributed by atoms with E-state index < -0.39 is 21.8 Å². The number of sulfonamides is 1. The number of nitrogens with two attached hydrogens (primary N) is 1. The van der Waals surface area contributed by atoms with Crippen LogP contribution in [-0.4, -0.2) is 31.9 Å². The van der Waals surface area contributed by atoms with Crippen LogP contribution < -0.4 is 5.73 Å². The van der Waals surface area contributed by atoms with Crippen LogP contribution in [0.5, 0.6) is 0 Å². The Balaban J connectivity index is 0.00000264. The second kappa shape index (κ2) is 6.96. The lowest BCUT2D eigenvalue weighted by Gasteiger charge is -2.22. The third-order valence-corrected chi connectivity index (χ3v) is 6.17. The summed E-state index contributed by atoms with van der Waals surface area (Å²) in [5, 5.41) is 0. The summed E-state index contributed by atoms with van der Waals surface area (Å²) in [5.41, 5.74) is 4.84. The maximum absolute atomic E-state index is 12.7. The molecule has 0 amide bonds. The Labute approximate surface area is 140 Å². The molecule has 1 aromatic rings. The smallest absolute Gasteiger partial charge is 0.330 e. The van der Waals surface area contributed by atoms with Gasteiger partial charge in [0.25, 0.3) is 0 Å². The van der Waals surface area contributed by atoms with Gasteiger partial charge in [-0.25, -0.2) is 8.42 Å². The molecule has 0 bridgehead atoms. The topological polar surface area (TPSA) is 63.4 Å². The zero-order chi connectivity index (χ0) is 16.7. The number of nitrogens with zero attached hydrogens (tertiary/aromatic N) is 1. The summed E-state index contributed by atoms with van der Waals surface area (Å²) in [4.78, 5) is -0.0787. The van der Waals surface area contributed by atoms with E-state index in [-0.39, 0.29) is 34.8 Å². The van der Waals surface area contributed by atoms with E-state index in [9.17, 15) is 21.6 Å². The van der Waals surface area contributed by atoms with E-state index in [2.05, 4.69) is 0 Å². The lowest BCUT2D eigenvalue weighted by molar-refractivity contribution is -0.137. The molecule has 4 nitrogen and oxygen atoms in total. The zero-order valence-corrected chi connectivity index (χ0v) is 14.4. The van der Waals surface area contributed by atoms with Crippen LogP contribution >= 0.6 is 12.4 Å². The summed E-state index contributed by atoms with van der Waals surface area (Å²) >= 11 is 0. The first-order valence-corrected chi connectivity index (χ1v) is 8.41. The molecule has 1 aliphatic heterocycles. The first-order chi connectivity index (χ1) is 10.1. The zero-order valence-electron chi connectivity index (χ0n) is 12.8. The van der Waals surface area contributed by atoms with Crippen molar-refractivity contribution >= 4 is 22.4 Å². The van der Waals surface area contributed by atoms with Gasteiger partial charge in [-0.2, -0.15) is 17.5 Å². The fourth-order valence-electron chi connectivity index (χ4n) is 2.86. The summed E-state index contributed by atoms with van der Waals surface area (Å²) in [6.45, 7) is 3.86. The summed E-state index contributed by atoms with van der Waals surface area (Å²) < 4.78 is 64.8.